The Balaban J connectivity index is 0.00000180. The molecule has 2 aromatic rings. The quantitative estimate of drug-likeness (QED) is 0.642. The van der Waals surface area contributed by atoms with Gasteiger partial charge in [0.15, 0.2) is 0 Å². The van der Waals surface area contributed by atoms with Crippen LogP contribution < -0.4 is 4.74 Å². The van der Waals surface area contributed by atoms with Gasteiger partial charge in [-0.3, -0.25) is 0 Å². The average Bonchev–Trinajstić information content (AvgIpc) is 2.38. The Morgan fingerprint density at radius 1 is 1.32 bits per heavy atom. The summed E-state index contributed by atoms with van der Waals surface area (Å²) < 4.78 is 10.4. The predicted octanol–water partition coefficient (Wildman–Crippen LogP) is 3.21. The monoisotopic (exact) mass is 298 g/mol. The number of aromatic nitrogens is 1. The molecule has 1 aromatic heterocycles. The maximum atomic E-state index is 9.08. The van der Waals surface area contributed by atoms with Gasteiger partial charge >= 0.3 is 0 Å². The highest BCUT2D eigenvalue weighted by Crippen LogP contribution is 2.25. The van der Waals surface area contributed by atoms with Crippen molar-refractivity contribution >= 4 is 34.9 Å². The zero-order chi connectivity index (χ0) is 13.0. The Hall–Kier alpha value is -1.54. The molecule has 0 aliphatic rings. The zero-order valence-electron chi connectivity index (χ0n) is 10.2. The van der Waals surface area contributed by atoms with Crippen LogP contribution in [0.2, 0.25) is 5.15 Å². The third kappa shape index (κ3) is 3.71. The molecule has 0 fully saturated rings. The van der Waals surface area contributed by atoms with Gasteiger partial charge in [-0.05, 0) is 18.2 Å². The van der Waals surface area contributed by atoms with Gasteiger partial charge in [-0.2, -0.15) is 5.26 Å². The van der Waals surface area contributed by atoms with Crippen LogP contribution in [0.15, 0.2) is 24.3 Å². The molecule has 0 spiro atoms. The van der Waals surface area contributed by atoms with Crippen LogP contribution >= 0.6 is 24.0 Å². The number of methoxy groups -OCH3 is 1. The number of ether oxygens (including phenoxy) is 2. The largest absolute Gasteiger partial charge is 0.490 e. The first kappa shape index (κ1) is 15.5. The molecule has 0 N–H and O–H groups in total. The van der Waals surface area contributed by atoms with Gasteiger partial charge in [-0.25, -0.2) is 4.98 Å². The van der Waals surface area contributed by atoms with Crippen LogP contribution in [0.5, 0.6) is 5.75 Å². The second-order valence-electron chi connectivity index (χ2n) is 3.63. The summed E-state index contributed by atoms with van der Waals surface area (Å²) in [6, 6.07) is 9.07. The number of benzene rings is 1. The standard InChI is InChI=1S/C13H11ClN2O2.ClH/c1-17-4-5-18-12-7-11-9(6-10(12)8-15)2-3-13(14)16-11;/h2-3,6-7H,4-5H2,1H3;1H. The van der Waals surface area contributed by atoms with E-state index in [0.717, 1.165) is 5.39 Å². The van der Waals surface area contributed by atoms with Crippen molar-refractivity contribution in [3.8, 4) is 11.8 Å². The fourth-order valence-electron chi connectivity index (χ4n) is 1.57. The minimum absolute atomic E-state index is 0. The lowest BCUT2D eigenvalue weighted by Crippen LogP contribution is -2.05. The Morgan fingerprint density at radius 2 is 2.11 bits per heavy atom. The maximum absolute atomic E-state index is 9.08. The maximum Gasteiger partial charge on any atom is 0.139 e. The summed E-state index contributed by atoms with van der Waals surface area (Å²) in [4.78, 5) is 4.18. The number of hydrogen-bond acceptors (Lipinski definition) is 4. The molecule has 0 bridgehead atoms. The Bertz CT molecular complexity index is 611. The van der Waals surface area contributed by atoms with E-state index in [1.165, 1.54) is 0 Å². The number of hydrogen-bond donors (Lipinski definition) is 0. The molecule has 2 rings (SSSR count). The van der Waals surface area contributed by atoms with Crippen molar-refractivity contribution in [2.45, 2.75) is 0 Å². The van der Waals surface area contributed by atoms with E-state index in [2.05, 4.69) is 11.1 Å². The minimum atomic E-state index is 0. The molecule has 0 aliphatic carbocycles. The van der Waals surface area contributed by atoms with Gasteiger partial charge in [0.2, 0.25) is 0 Å². The normalized spacial score (nSPS) is 9.74. The van der Waals surface area contributed by atoms with E-state index in [-0.39, 0.29) is 12.4 Å². The van der Waals surface area contributed by atoms with Crippen LogP contribution in [0.1, 0.15) is 5.56 Å². The summed E-state index contributed by atoms with van der Waals surface area (Å²) >= 11 is 5.83. The van der Waals surface area contributed by atoms with Crippen LogP contribution in [0.4, 0.5) is 0 Å². The SMILES string of the molecule is COCCOc1cc2nc(Cl)ccc2cc1C#N.Cl. The molecule has 100 valence electrons. The molecule has 0 amide bonds. The Kier molecular flexibility index (Phi) is 5.84. The highest BCUT2D eigenvalue weighted by atomic mass is 35.5. The van der Waals surface area contributed by atoms with Crippen LogP contribution in [0, 0.1) is 11.3 Å². The van der Waals surface area contributed by atoms with E-state index >= 15 is 0 Å². The molecule has 0 aliphatic heterocycles. The molecule has 19 heavy (non-hydrogen) atoms. The minimum Gasteiger partial charge on any atom is -0.490 e. The van der Waals surface area contributed by atoms with Gasteiger partial charge in [0, 0.05) is 18.6 Å². The summed E-state index contributed by atoms with van der Waals surface area (Å²) in [6.45, 7) is 0.850. The third-order valence-corrected chi connectivity index (χ3v) is 2.63. The second-order valence-corrected chi connectivity index (χ2v) is 4.02. The van der Waals surface area contributed by atoms with Crippen LogP contribution in [-0.2, 0) is 4.74 Å². The molecule has 0 radical (unpaired) electrons. The molecule has 6 heteroatoms. The van der Waals surface area contributed by atoms with Gasteiger partial charge in [-0.15, -0.1) is 12.4 Å². The van der Waals surface area contributed by atoms with Crippen LogP contribution in [-0.4, -0.2) is 25.3 Å². The predicted molar refractivity (Wildman–Crippen MR) is 76.1 cm³/mol. The van der Waals surface area contributed by atoms with E-state index in [1.807, 2.05) is 6.07 Å². The van der Waals surface area contributed by atoms with Crippen molar-refractivity contribution in [2.75, 3.05) is 20.3 Å². The van der Waals surface area contributed by atoms with Gasteiger partial charge < -0.3 is 9.47 Å². The van der Waals surface area contributed by atoms with Crippen molar-refractivity contribution in [1.29, 1.82) is 5.26 Å². The van der Waals surface area contributed by atoms with E-state index < -0.39 is 0 Å². The molecule has 0 atom stereocenters. The smallest absolute Gasteiger partial charge is 0.139 e. The second kappa shape index (κ2) is 7.15. The first-order chi connectivity index (χ1) is 8.74. The lowest BCUT2D eigenvalue weighted by Gasteiger charge is -2.08. The highest BCUT2D eigenvalue weighted by molar-refractivity contribution is 6.29. The highest BCUT2D eigenvalue weighted by Gasteiger charge is 2.07. The van der Waals surface area contributed by atoms with Crippen LogP contribution in [0.25, 0.3) is 10.9 Å². The molecular weight excluding hydrogens is 287 g/mol. The van der Waals surface area contributed by atoms with Crippen molar-refractivity contribution < 1.29 is 9.47 Å². The molecular formula is C13H12Cl2N2O2. The number of rotatable bonds is 4. The summed E-state index contributed by atoms with van der Waals surface area (Å²) in [7, 11) is 1.59. The number of nitriles is 1. The van der Waals surface area contributed by atoms with E-state index in [0.29, 0.717) is 35.2 Å². The van der Waals surface area contributed by atoms with Crippen molar-refractivity contribution in [2.24, 2.45) is 0 Å². The lowest BCUT2D eigenvalue weighted by atomic mass is 10.1. The number of pyridine rings is 1. The van der Waals surface area contributed by atoms with Crippen molar-refractivity contribution in [1.82, 2.24) is 4.98 Å². The number of fused-ring (bicyclic) bond motifs is 1. The first-order valence-corrected chi connectivity index (χ1v) is 5.74. The third-order valence-electron chi connectivity index (χ3n) is 2.42. The lowest BCUT2D eigenvalue weighted by molar-refractivity contribution is 0.146. The van der Waals surface area contributed by atoms with Crippen molar-refractivity contribution in [3.05, 3.63) is 35.0 Å². The fraction of sp³-hybridized carbons (Fsp3) is 0.231. The molecule has 0 saturated heterocycles. The topological polar surface area (TPSA) is 55.1 Å². The fourth-order valence-corrected chi connectivity index (χ4v) is 1.72. The van der Waals surface area contributed by atoms with E-state index in [1.54, 1.807) is 25.3 Å². The van der Waals surface area contributed by atoms with Crippen LogP contribution in [0.3, 0.4) is 0 Å². The van der Waals surface area contributed by atoms with Crippen molar-refractivity contribution in [3.63, 3.8) is 0 Å². The van der Waals surface area contributed by atoms with E-state index in [9.17, 15) is 0 Å². The van der Waals surface area contributed by atoms with Gasteiger partial charge in [0.25, 0.3) is 0 Å². The zero-order valence-corrected chi connectivity index (χ0v) is 11.8. The molecule has 1 heterocycles. The average molecular weight is 299 g/mol. The Morgan fingerprint density at radius 3 is 2.79 bits per heavy atom. The van der Waals surface area contributed by atoms with Gasteiger partial charge in [0.1, 0.15) is 23.6 Å². The first-order valence-electron chi connectivity index (χ1n) is 5.36. The van der Waals surface area contributed by atoms with Gasteiger partial charge in [-0.1, -0.05) is 11.6 Å². The number of halogens is 2. The van der Waals surface area contributed by atoms with E-state index in [4.69, 9.17) is 26.3 Å². The summed E-state index contributed by atoms with van der Waals surface area (Å²) in [5, 5.41) is 10.3. The Labute approximate surface area is 122 Å². The molecule has 4 nitrogen and oxygen atoms in total. The summed E-state index contributed by atoms with van der Waals surface area (Å²) in [6.07, 6.45) is 0. The van der Waals surface area contributed by atoms with Gasteiger partial charge in [0.05, 0.1) is 17.7 Å². The summed E-state index contributed by atoms with van der Waals surface area (Å²) in [5.41, 5.74) is 1.18. The molecule has 1 aromatic carbocycles. The molecule has 0 unspecified atom stereocenters. The molecule has 0 saturated carbocycles. The summed E-state index contributed by atoms with van der Waals surface area (Å²) in [5.74, 6) is 0.497. The number of nitrogens with zero attached hydrogens (tertiary/aromatic N) is 2.